The third-order valence-electron chi connectivity index (χ3n) is 5.54. The molecule has 0 amide bonds. The Hall–Kier alpha value is -2.56. The molecule has 0 N–H and O–H groups in total. The van der Waals surface area contributed by atoms with Gasteiger partial charge in [0, 0.05) is 0 Å². The molecule has 4 rings (SSSR count). The van der Waals surface area contributed by atoms with Gasteiger partial charge in [0.2, 0.25) is 0 Å². The first-order valence-electron chi connectivity index (χ1n) is 8.42. The molecule has 0 bridgehead atoms. The van der Waals surface area contributed by atoms with Crippen LogP contribution in [0.5, 0.6) is 0 Å². The fourth-order valence-corrected chi connectivity index (χ4v) is 11.0. The molecule has 130 valence electrons. The Morgan fingerprint density at radius 1 is 0.769 bits per heavy atom. The van der Waals surface area contributed by atoms with Crippen molar-refractivity contribution < 1.29 is 31.8 Å². The van der Waals surface area contributed by atoms with E-state index >= 15 is 0 Å². The summed E-state index contributed by atoms with van der Waals surface area (Å²) in [6.07, 6.45) is 7.86. The minimum atomic E-state index is -4.99. The molecule has 0 aliphatic heterocycles. The van der Waals surface area contributed by atoms with Gasteiger partial charge in [-0.25, -0.2) is 0 Å². The number of hydrogen-bond donors (Lipinski definition) is 0. The summed E-state index contributed by atoms with van der Waals surface area (Å²) in [5.41, 5.74) is 3.99. The molecule has 2 atom stereocenters. The van der Waals surface area contributed by atoms with Gasteiger partial charge >= 0.3 is 153 Å². The zero-order valence-electron chi connectivity index (χ0n) is 14.1. The summed E-state index contributed by atoms with van der Waals surface area (Å²) in [5, 5.41) is 0. The maximum absolute atomic E-state index is 11.6. The van der Waals surface area contributed by atoms with Crippen molar-refractivity contribution in [3.63, 3.8) is 0 Å². The topological polar surface area (TPSA) is 52.6 Å². The molecule has 0 saturated heterocycles. The fraction of sp³-hybridized carbons (Fsp3) is 0.0952. The van der Waals surface area contributed by atoms with Crippen molar-refractivity contribution in [3.8, 4) is 0 Å². The Morgan fingerprint density at radius 2 is 1.19 bits per heavy atom. The van der Waals surface area contributed by atoms with Crippen LogP contribution in [0.1, 0.15) is 30.7 Å². The van der Waals surface area contributed by atoms with Crippen molar-refractivity contribution in [2.45, 2.75) is 8.45 Å². The zero-order valence-corrected chi connectivity index (χ0v) is 15.6. The molecule has 26 heavy (non-hydrogen) atoms. The van der Waals surface area contributed by atoms with Crippen LogP contribution in [0.25, 0.3) is 12.2 Å². The van der Waals surface area contributed by atoms with Crippen LogP contribution >= 0.6 is 0 Å². The van der Waals surface area contributed by atoms with Gasteiger partial charge in [-0.1, -0.05) is 0 Å². The van der Waals surface area contributed by atoms with Gasteiger partial charge in [-0.15, -0.1) is 0 Å². The van der Waals surface area contributed by atoms with Gasteiger partial charge < -0.3 is 0 Å². The number of allylic oxidation sites excluding steroid dienone is 2. The van der Waals surface area contributed by atoms with Crippen LogP contribution in [0.3, 0.4) is 0 Å². The van der Waals surface area contributed by atoms with Crippen molar-refractivity contribution >= 4 is 29.9 Å². The normalized spacial score (nSPS) is 20.3. The first-order chi connectivity index (χ1) is 12.6. The molecule has 2 aliphatic rings. The Kier molecular flexibility index (Phi) is 3.90. The van der Waals surface area contributed by atoms with Crippen LogP contribution in [0.4, 0.5) is 0 Å². The molecular formula is C21H18O4Ti. The van der Waals surface area contributed by atoms with Gasteiger partial charge in [0.1, 0.15) is 0 Å². The summed E-state index contributed by atoms with van der Waals surface area (Å²) in [5.74, 6) is 0. The summed E-state index contributed by atoms with van der Waals surface area (Å²) >= 11 is -4.99. The molecule has 0 radical (unpaired) electrons. The van der Waals surface area contributed by atoms with Gasteiger partial charge in [-0.2, -0.15) is 0 Å². The van der Waals surface area contributed by atoms with E-state index in [1.54, 1.807) is 0 Å². The average molecular weight is 382 g/mol. The average Bonchev–Trinajstić information content (AvgIpc) is 3.27. The maximum atomic E-state index is 11.6. The summed E-state index contributed by atoms with van der Waals surface area (Å²) in [6.45, 7) is 0.772. The van der Waals surface area contributed by atoms with Crippen LogP contribution in [-0.4, -0.2) is 17.8 Å². The van der Waals surface area contributed by atoms with Gasteiger partial charge in [0.05, 0.1) is 0 Å². The number of fused-ring (bicyclic) bond motifs is 2. The predicted octanol–water partition coefficient (Wildman–Crippen LogP) is 3.82. The fourth-order valence-electron chi connectivity index (χ4n) is 4.29. The van der Waals surface area contributed by atoms with E-state index in [0.717, 1.165) is 22.3 Å². The van der Waals surface area contributed by atoms with Crippen molar-refractivity contribution in [2.75, 3.05) is 0 Å². The molecule has 2 aromatic carbocycles. The molecule has 2 unspecified atom stereocenters. The van der Waals surface area contributed by atoms with Gasteiger partial charge in [-0.3, -0.25) is 0 Å². The van der Waals surface area contributed by atoms with E-state index in [4.69, 9.17) is 6.64 Å². The molecule has 0 spiro atoms. The number of benzene rings is 2. The standard InChI is InChI=1S/2C9H7.2CH2O2.CH2.Ti/c2*1-2-5-9-7-3-6-8(9)4-1;2*2-1-3;;/h2*1-7H;2*1H,(H,2,3);1H2;/q;;;;;+2/p-2. The molecule has 0 fully saturated rings. The SMILES string of the molecule is [CH2]=[Ti]([O]C=O)([O]C=O)([CH]1C=Cc2ccccc21)[CH]1C=Cc2ccccc21. The van der Waals surface area contributed by atoms with E-state index in [-0.39, 0.29) is 8.45 Å². The zero-order chi connectivity index (χ0) is 18.2. The third kappa shape index (κ3) is 2.23. The summed E-state index contributed by atoms with van der Waals surface area (Å²) in [6, 6.07) is 15.7. The number of carbonyl (C=O) groups excluding carboxylic acids is 2. The molecule has 2 aliphatic carbocycles. The van der Waals surface area contributed by atoms with Gasteiger partial charge in [0.15, 0.2) is 0 Å². The second-order valence-corrected chi connectivity index (χ2v) is 13.9. The molecule has 2 aromatic rings. The van der Waals surface area contributed by atoms with Crippen molar-refractivity contribution in [2.24, 2.45) is 0 Å². The van der Waals surface area contributed by atoms with Crippen molar-refractivity contribution in [3.05, 3.63) is 82.9 Å². The first-order valence-corrected chi connectivity index (χ1v) is 12.6. The van der Waals surface area contributed by atoms with Crippen molar-refractivity contribution in [1.82, 2.24) is 0 Å². The number of hydrogen-bond acceptors (Lipinski definition) is 4. The van der Waals surface area contributed by atoms with Crippen LogP contribution in [-0.2, 0) is 31.8 Å². The van der Waals surface area contributed by atoms with E-state index < -0.39 is 15.6 Å². The monoisotopic (exact) mass is 382 g/mol. The molecule has 0 aromatic heterocycles. The summed E-state index contributed by atoms with van der Waals surface area (Å²) in [4.78, 5) is 27.6. The quantitative estimate of drug-likeness (QED) is 0.563. The van der Waals surface area contributed by atoms with Crippen LogP contribution in [0, 0.1) is 0 Å². The Bertz CT molecular complexity index is 937. The summed E-state index contributed by atoms with van der Waals surface area (Å²) < 4.78 is 10.8. The number of rotatable bonds is 6. The molecule has 0 heterocycles. The molecule has 0 saturated carbocycles. The van der Waals surface area contributed by atoms with E-state index in [2.05, 4.69) is 4.82 Å². The van der Waals surface area contributed by atoms with Crippen LogP contribution in [0.2, 0.25) is 0 Å². The Balaban J connectivity index is 1.98. The summed E-state index contributed by atoms with van der Waals surface area (Å²) in [7, 11) is 0. The van der Waals surface area contributed by atoms with Crippen LogP contribution in [0.15, 0.2) is 60.7 Å². The van der Waals surface area contributed by atoms with E-state index in [1.807, 2.05) is 72.8 Å². The van der Waals surface area contributed by atoms with Gasteiger partial charge in [-0.05, 0) is 0 Å². The Morgan fingerprint density at radius 3 is 1.62 bits per heavy atom. The molecular weight excluding hydrogens is 364 g/mol. The third-order valence-corrected chi connectivity index (χ3v) is 13.2. The van der Waals surface area contributed by atoms with E-state index in [9.17, 15) is 9.59 Å². The Labute approximate surface area is 153 Å². The molecule has 4 nitrogen and oxygen atoms in total. The second-order valence-electron chi connectivity index (χ2n) is 6.78. The minimum absolute atomic E-state index is 0.362. The van der Waals surface area contributed by atoms with Crippen LogP contribution < -0.4 is 0 Å². The van der Waals surface area contributed by atoms with Crippen molar-refractivity contribution in [1.29, 1.82) is 0 Å². The van der Waals surface area contributed by atoms with Gasteiger partial charge in [0.25, 0.3) is 0 Å². The first kappa shape index (κ1) is 16.9. The predicted molar refractivity (Wildman–Crippen MR) is 97.9 cm³/mol. The molecule has 5 heteroatoms. The van der Waals surface area contributed by atoms with E-state index in [1.165, 1.54) is 0 Å². The number of carbonyl (C=O) groups is 2. The second kappa shape index (κ2) is 6.01. The van der Waals surface area contributed by atoms with E-state index in [0.29, 0.717) is 12.9 Å².